The zero-order chi connectivity index (χ0) is 27.2. The lowest BCUT2D eigenvalue weighted by atomic mass is 10.1. The van der Waals surface area contributed by atoms with Crippen LogP contribution in [0.25, 0.3) is 6.08 Å². The Morgan fingerprint density at radius 3 is 2.58 bits per heavy atom. The zero-order valence-electron chi connectivity index (χ0n) is 20.6. The van der Waals surface area contributed by atoms with Crippen molar-refractivity contribution in [3.63, 3.8) is 0 Å². The van der Waals surface area contributed by atoms with E-state index in [0.29, 0.717) is 47.0 Å². The third-order valence-electron chi connectivity index (χ3n) is 5.45. The second-order valence-corrected chi connectivity index (χ2v) is 11.2. The normalized spacial score (nSPS) is 15.4. The van der Waals surface area contributed by atoms with Crippen LogP contribution in [0.5, 0.6) is 11.5 Å². The van der Waals surface area contributed by atoms with Crippen LogP contribution in [0, 0.1) is 3.57 Å². The molecule has 1 saturated heterocycles. The van der Waals surface area contributed by atoms with E-state index >= 15 is 0 Å². The molecule has 0 saturated carbocycles. The van der Waals surface area contributed by atoms with E-state index in [1.807, 2.05) is 56.3 Å². The van der Waals surface area contributed by atoms with E-state index in [1.165, 1.54) is 23.9 Å². The number of amidine groups is 1. The van der Waals surface area contributed by atoms with Crippen LogP contribution in [0.4, 0.5) is 5.69 Å². The van der Waals surface area contributed by atoms with Gasteiger partial charge in [-0.25, -0.2) is 9.79 Å². The summed E-state index contributed by atoms with van der Waals surface area (Å²) in [6.07, 6.45) is 1.81. The number of aliphatic imine (C=N–C) groups is 1. The Balaban J connectivity index is 1.61. The van der Waals surface area contributed by atoms with Crippen LogP contribution in [0.2, 0.25) is 0 Å². The van der Waals surface area contributed by atoms with E-state index in [1.54, 1.807) is 17.0 Å². The standard InChI is InChI=1S/C28H24BrIN2O5S/c1-3-32-26(33)24(38-28(32)31-21-7-5-6-19(15-21)27(34)35)14-18-12-22(30)25(23(13-18)36-4-2)37-16-17-8-10-20(29)11-9-17/h5-15H,3-4,16H2,1-2H3,(H,34,35)/b24-14-,31-28?. The summed E-state index contributed by atoms with van der Waals surface area (Å²) in [6, 6.07) is 18.1. The van der Waals surface area contributed by atoms with Gasteiger partial charge in [-0.3, -0.25) is 9.69 Å². The highest BCUT2D eigenvalue weighted by atomic mass is 127. The van der Waals surface area contributed by atoms with Crippen LogP contribution in [0.15, 0.2) is 75.0 Å². The predicted molar refractivity (Wildman–Crippen MR) is 162 cm³/mol. The first-order valence-corrected chi connectivity index (χ1v) is 14.4. The number of likely N-dealkylation sites (N-methyl/N-ethyl adjacent to an activating group) is 1. The molecule has 1 fully saturated rings. The molecular formula is C28H24BrIN2O5S. The SMILES string of the molecule is CCOc1cc(/C=C2\SC(=Nc3cccc(C(=O)O)c3)N(CC)C2=O)cc(I)c1OCc1ccc(Br)cc1. The number of amides is 1. The molecular weight excluding hydrogens is 683 g/mol. The van der Waals surface area contributed by atoms with Crippen molar-refractivity contribution in [3.05, 3.63) is 90.3 Å². The maximum absolute atomic E-state index is 13.2. The molecule has 1 aliphatic rings. The molecule has 0 spiro atoms. The molecule has 0 bridgehead atoms. The summed E-state index contributed by atoms with van der Waals surface area (Å²) < 4.78 is 13.9. The lowest BCUT2D eigenvalue weighted by Gasteiger charge is -2.15. The van der Waals surface area contributed by atoms with E-state index in [9.17, 15) is 14.7 Å². The average molecular weight is 707 g/mol. The Kier molecular flexibility index (Phi) is 9.50. The van der Waals surface area contributed by atoms with Gasteiger partial charge in [0.1, 0.15) is 6.61 Å². The van der Waals surface area contributed by atoms with Gasteiger partial charge >= 0.3 is 5.97 Å². The van der Waals surface area contributed by atoms with E-state index in [2.05, 4.69) is 43.5 Å². The number of hydrogen-bond acceptors (Lipinski definition) is 6. The number of benzene rings is 3. The van der Waals surface area contributed by atoms with Crippen molar-refractivity contribution < 1.29 is 24.2 Å². The molecule has 38 heavy (non-hydrogen) atoms. The lowest BCUT2D eigenvalue weighted by Crippen LogP contribution is -2.28. The fourth-order valence-corrected chi connectivity index (χ4v) is 5.76. The van der Waals surface area contributed by atoms with Gasteiger partial charge in [0.05, 0.1) is 26.3 Å². The van der Waals surface area contributed by atoms with Gasteiger partial charge in [-0.1, -0.05) is 34.1 Å². The Bertz CT molecular complexity index is 1430. The number of hydrogen-bond donors (Lipinski definition) is 1. The Morgan fingerprint density at radius 2 is 1.89 bits per heavy atom. The fourth-order valence-electron chi connectivity index (χ4n) is 3.65. The van der Waals surface area contributed by atoms with Gasteiger partial charge < -0.3 is 14.6 Å². The number of ether oxygens (including phenoxy) is 2. The summed E-state index contributed by atoms with van der Waals surface area (Å²) in [4.78, 5) is 31.1. The van der Waals surface area contributed by atoms with Crippen LogP contribution >= 0.6 is 50.3 Å². The van der Waals surface area contributed by atoms with Gasteiger partial charge in [-0.15, -0.1) is 0 Å². The van der Waals surface area contributed by atoms with Crippen LogP contribution in [0.1, 0.15) is 35.3 Å². The average Bonchev–Trinajstić information content (AvgIpc) is 3.18. The summed E-state index contributed by atoms with van der Waals surface area (Å²) in [7, 11) is 0. The summed E-state index contributed by atoms with van der Waals surface area (Å²) in [6.45, 7) is 5.08. The topological polar surface area (TPSA) is 88.4 Å². The number of carboxylic acids is 1. The number of carboxylic acid groups (broad SMARTS) is 1. The van der Waals surface area contributed by atoms with Crippen molar-refractivity contribution in [1.29, 1.82) is 0 Å². The third-order valence-corrected chi connectivity index (χ3v) is 7.78. The minimum atomic E-state index is -1.03. The first kappa shape index (κ1) is 28.2. The summed E-state index contributed by atoms with van der Waals surface area (Å²) >= 11 is 6.91. The van der Waals surface area contributed by atoms with Crippen molar-refractivity contribution in [2.75, 3.05) is 13.2 Å². The van der Waals surface area contributed by atoms with Crippen molar-refractivity contribution in [1.82, 2.24) is 4.90 Å². The number of rotatable bonds is 9. The van der Waals surface area contributed by atoms with Gasteiger partial charge in [-0.05, 0) is 108 Å². The monoisotopic (exact) mass is 706 g/mol. The molecule has 3 aromatic rings. The fraction of sp³-hybridized carbons (Fsp3) is 0.179. The Hall–Kier alpha value is -2.83. The molecule has 7 nitrogen and oxygen atoms in total. The van der Waals surface area contributed by atoms with Crippen LogP contribution in [0.3, 0.4) is 0 Å². The molecule has 1 N–H and O–H groups in total. The molecule has 0 aliphatic carbocycles. The van der Waals surface area contributed by atoms with Crippen molar-refractivity contribution in [3.8, 4) is 11.5 Å². The highest BCUT2D eigenvalue weighted by molar-refractivity contribution is 14.1. The maximum Gasteiger partial charge on any atom is 0.335 e. The van der Waals surface area contributed by atoms with Gasteiger partial charge in [-0.2, -0.15) is 0 Å². The van der Waals surface area contributed by atoms with Crippen LogP contribution < -0.4 is 9.47 Å². The Morgan fingerprint density at radius 1 is 1.13 bits per heavy atom. The van der Waals surface area contributed by atoms with Gasteiger partial charge in [0.25, 0.3) is 5.91 Å². The number of carbonyl (C=O) groups excluding carboxylic acids is 1. The first-order chi connectivity index (χ1) is 18.3. The van der Waals surface area contributed by atoms with Gasteiger partial charge in [0.15, 0.2) is 16.7 Å². The largest absolute Gasteiger partial charge is 0.490 e. The maximum atomic E-state index is 13.2. The number of halogens is 2. The molecule has 0 aromatic heterocycles. The van der Waals surface area contributed by atoms with E-state index in [0.717, 1.165) is 19.2 Å². The summed E-state index contributed by atoms with van der Waals surface area (Å²) in [5.41, 5.74) is 2.45. The predicted octanol–water partition coefficient (Wildman–Crippen LogP) is 7.35. The number of nitrogens with zero attached hydrogens (tertiary/aromatic N) is 2. The molecule has 0 atom stereocenters. The zero-order valence-corrected chi connectivity index (χ0v) is 25.2. The lowest BCUT2D eigenvalue weighted by molar-refractivity contribution is -0.122. The molecule has 10 heteroatoms. The number of carbonyl (C=O) groups is 2. The molecule has 4 rings (SSSR count). The van der Waals surface area contributed by atoms with Crippen LogP contribution in [-0.4, -0.2) is 40.2 Å². The highest BCUT2D eigenvalue weighted by Crippen LogP contribution is 2.38. The van der Waals surface area contributed by atoms with Gasteiger partial charge in [0, 0.05) is 11.0 Å². The van der Waals surface area contributed by atoms with Crippen molar-refractivity contribution >= 4 is 79.1 Å². The molecule has 1 heterocycles. The second-order valence-electron chi connectivity index (χ2n) is 8.09. The van der Waals surface area contributed by atoms with E-state index < -0.39 is 5.97 Å². The smallest absolute Gasteiger partial charge is 0.335 e. The quantitative estimate of drug-likeness (QED) is 0.185. The first-order valence-electron chi connectivity index (χ1n) is 11.8. The van der Waals surface area contributed by atoms with Crippen LogP contribution in [-0.2, 0) is 11.4 Å². The van der Waals surface area contributed by atoms with E-state index in [-0.39, 0.29) is 11.5 Å². The Labute approximate surface area is 247 Å². The molecule has 3 aromatic carbocycles. The van der Waals surface area contributed by atoms with Gasteiger partial charge in [0.2, 0.25) is 0 Å². The minimum Gasteiger partial charge on any atom is -0.490 e. The highest BCUT2D eigenvalue weighted by Gasteiger charge is 2.32. The number of aromatic carboxylic acids is 1. The summed E-state index contributed by atoms with van der Waals surface area (Å²) in [5, 5.41) is 9.77. The molecule has 0 unspecified atom stereocenters. The molecule has 196 valence electrons. The van der Waals surface area contributed by atoms with Crippen molar-refractivity contribution in [2.24, 2.45) is 4.99 Å². The molecule has 1 aliphatic heterocycles. The molecule has 0 radical (unpaired) electrons. The molecule has 1 amide bonds. The summed E-state index contributed by atoms with van der Waals surface area (Å²) in [5.74, 6) is 0.0671. The van der Waals surface area contributed by atoms with Crippen molar-refractivity contribution in [2.45, 2.75) is 20.5 Å². The minimum absolute atomic E-state index is 0.139. The second kappa shape index (κ2) is 12.8. The third kappa shape index (κ3) is 6.78. The number of thioether (sulfide) groups is 1. The van der Waals surface area contributed by atoms with E-state index in [4.69, 9.17) is 9.47 Å².